The van der Waals surface area contributed by atoms with Crippen molar-refractivity contribution in [2.24, 2.45) is 5.41 Å². The maximum Gasteiger partial charge on any atom is 0.247 e. The Morgan fingerprint density at radius 3 is 2.24 bits per heavy atom. The number of hydrogen-bond donors (Lipinski definition) is 2. The van der Waals surface area contributed by atoms with Gasteiger partial charge in [-0.1, -0.05) is 62.7 Å². The highest BCUT2D eigenvalue weighted by Gasteiger charge is 2.53. The molecule has 2 saturated heterocycles. The zero-order valence-electron chi connectivity index (χ0n) is 25.3. The van der Waals surface area contributed by atoms with Gasteiger partial charge in [0, 0.05) is 13.0 Å². The highest BCUT2D eigenvalue weighted by atomic mass is 19.1. The molecule has 4 atom stereocenters. The number of nitrogens with one attached hydrogen (secondary N) is 2. The van der Waals surface area contributed by atoms with Gasteiger partial charge in [0.1, 0.15) is 30.6 Å². The number of fused-ring (bicyclic) bond motifs is 1. The second-order valence-electron chi connectivity index (χ2n) is 12.4. The van der Waals surface area contributed by atoms with E-state index in [1.54, 1.807) is 35.9 Å². The van der Waals surface area contributed by atoms with E-state index in [4.69, 9.17) is 0 Å². The van der Waals surface area contributed by atoms with Gasteiger partial charge in [-0.25, -0.2) is 4.39 Å². The molecule has 42 heavy (non-hydrogen) atoms. The summed E-state index contributed by atoms with van der Waals surface area (Å²) >= 11 is 0. The van der Waals surface area contributed by atoms with Crippen LogP contribution in [0.1, 0.15) is 44.4 Å². The molecule has 0 bridgehead atoms. The molecule has 4 rings (SSSR count). The Hall–Kier alpha value is -3.79. The van der Waals surface area contributed by atoms with Gasteiger partial charge in [0.2, 0.25) is 23.6 Å². The number of benzene rings is 2. The van der Waals surface area contributed by atoms with E-state index in [0.29, 0.717) is 19.4 Å². The van der Waals surface area contributed by atoms with Gasteiger partial charge in [0.05, 0.1) is 12.6 Å². The number of carbonyl (C=O) groups excluding carboxylic acids is 4. The quantitative estimate of drug-likeness (QED) is 0.475. The molecule has 9 nitrogen and oxygen atoms in total. The lowest BCUT2D eigenvalue weighted by Gasteiger charge is -2.45. The Labute approximate surface area is 247 Å². The molecule has 0 aliphatic carbocycles. The lowest BCUT2D eigenvalue weighted by Crippen LogP contribution is -2.66. The van der Waals surface area contributed by atoms with Crippen molar-refractivity contribution in [2.75, 3.05) is 26.7 Å². The minimum atomic E-state index is -0.880. The van der Waals surface area contributed by atoms with Crippen LogP contribution >= 0.6 is 0 Å². The summed E-state index contributed by atoms with van der Waals surface area (Å²) in [5.74, 6) is -1.48. The average Bonchev–Trinajstić information content (AvgIpc) is 3.28. The molecule has 0 spiro atoms. The Balaban J connectivity index is 1.64. The van der Waals surface area contributed by atoms with Crippen LogP contribution in [0.25, 0.3) is 0 Å². The molecule has 2 fully saturated rings. The lowest BCUT2D eigenvalue weighted by atomic mass is 9.85. The van der Waals surface area contributed by atoms with Gasteiger partial charge in [0.25, 0.3) is 0 Å². The molecule has 0 unspecified atom stereocenters. The van der Waals surface area contributed by atoms with Crippen molar-refractivity contribution in [2.45, 2.75) is 71.8 Å². The van der Waals surface area contributed by atoms with Gasteiger partial charge >= 0.3 is 0 Å². The fourth-order valence-electron chi connectivity index (χ4n) is 5.52. The van der Waals surface area contributed by atoms with Gasteiger partial charge in [-0.2, -0.15) is 0 Å². The lowest BCUT2D eigenvalue weighted by molar-refractivity contribution is -0.156. The van der Waals surface area contributed by atoms with Crippen molar-refractivity contribution in [3.05, 3.63) is 71.0 Å². The smallest absolute Gasteiger partial charge is 0.247 e. The highest BCUT2D eigenvalue weighted by molar-refractivity contribution is 5.97. The maximum atomic E-state index is 14.1. The third-order valence-electron chi connectivity index (χ3n) is 8.23. The molecular formula is C32H42FN5O4. The van der Waals surface area contributed by atoms with E-state index in [1.165, 1.54) is 17.0 Å². The van der Waals surface area contributed by atoms with Crippen molar-refractivity contribution in [1.82, 2.24) is 25.3 Å². The normalized spacial score (nSPS) is 20.4. The summed E-state index contributed by atoms with van der Waals surface area (Å²) in [4.78, 5) is 59.1. The van der Waals surface area contributed by atoms with Crippen molar-refractivity contribution in [1.29, 1.82) is 0 Å². The first-order chi connectivity index (χ1) is 19.8. The number of carbonyl (C=O) groups is 4. The highest BCUT2D eigenvalue weighted by Crippen LogP contribution is 2.31. The number of likely N-dealkylation sites (N-methyl/N-ethyl adjacent to an activating group) is 1. The average molecular weight is 580 g/mol. The summed E-state index contributed by atoms with van der Waals surface area (Å²) in [7, 11) is 1.67. The Kier molecular flexibility index (Phi) is 9.35. The van der Waals surface area contributed by atoms with E-state index in [-0.39, 0.29) is 42.5 Å². The fourth-order valence-corrected chi connectivity index (χ4v) is 5.52. The molecule has 2 aromatic rings. The van der Waals surface area contributed by atoms with Crippen LogP contribution in [0.5, 0.6) is 0 Å². The fraction of sp³-hybridized carbons (Fsp3) is 0.500. The molecule has 2 aliphatic rings. The number of halogens is 1. The predicted molar refractivity (Wildman–Crippen MR) is 158 cm³/mol. The maximum absolute atomic E-state index is 14.1. The van der Waals surface area contributed by atoms with Crippen molar-refractivity contribution < 1.29 is 23.6 Å². The molecule has 2 aromatic carbocycles. The Morgan fingerprint density at radius 2 is 1.64 bits per heavy atom. The van der Waals surface area contributed by atoms with Crippen LogP contribution in [0.3, 0.4) is 0 Å². The van der Waals surface area contributed by atoms with Crippen molar-refractivity contribution >= 4 is 23.6 Å². The molecule has 2 aliphatic heterocycles. The van der Waals surface area contributed by atoms with E-state index >= 15 is 0 Å². The van der Waals surface area contributed by atoms with Crippen LogP contribution in [0, 0.1) is 18.2 Å². The van der Waals surface area contributed by atoms with Crippen molar-refractivity contribution in [3.8, 4) is 0 Å². The zero-order valence-corrected chi connectivity index (χ0v) is 25.3. The molecule has 4 amide bonds. The van der Waals surface area contributed by atoms with E-state index in [1.807, 2.05) is 52.0 Å². The molecule has 0 saturated carbocycles. The number of aryl methyl sites for hydroxylation is 1. The Bertz CT molecular complexity index is 1310. The SMILES string of the molecule is CN[C@@H](C)C(=O)N[C@H](C(=O)N1CC(=O)N2[C@@H]1CN(CCc1ccc(F)cc1)C(=O)[C@@H]2Cc1ccc(C)cc1)C(C)(C)C. The molecule has 10 heteroatoms. The molecule has 2 heterocycles. The minimum Gasteiger partial charge on any atom is -0.342 e. The monoisotopic (exact) mass is 579 g/mol. The second-order valence-corrected chi connectivity index (χ2v) is 12.4. The number of nitrogens with zero attached hydrogens (tertiary/aromatic N) is 3. The topological polar surface area (TPSA) is 102 Å². The van der Waals surface area contributed by atoms with E-state index < -0.39 is 29.7 Å². The second kappa shape index (κ2) is 12.6. The third kappa shape index (κ3) is 6.81. The standard InChI is InChI=1S/C32H42FN5O4/c1-20-7-9-23(10-8-20)17-25-30(41)36(16-15-22-11-13-24(33)14-12-22)18-26-37(19-27(39)38(25)26)31(42)28(32(3,4)5)35-29(40)21(2)34-6/h7-14,21,25-26,28,34H,15-19H2,1-6H3,(H,35,40)/t21-,25-,26+,28+/m0/s1. The van der Waals surface area contributed by atoms with Crippen LogP contribution in [0.4, 0.5) is 4.39 Å². The first-order valence-corrected chi connectivity index (χ1v) is 14.5. The van der Waals surface area contributed by atoms with Crippen LogP contribution in [0.15, 0.2) is 48.5 Å². The van der Waals surface area contributed by atoms with Gasteiger partial charge in [-0.05, 0) is 56.0 Å². The molecule has 0 aromatic heterocycles. The van der Waals surface area contributed by atoms with Gasteiger partial charge in [0.15, 0.2) is 0 Å². The predicted octanol–water partition coefficient (Wildman–Crippen LogP) is 2.27. The number of piperazine rings is 1. The van der Waals surface area contributed by atoms with Crippen LogP contribution in [0.2, 0.25) is 0 Å². The van der Waals surface area contributed by atoms with E-state index in [2.05, 4.69) is 10.6 Å². The van der Waals surface area contributed by atoms with Gasteiger partial charge < -0.3 is 25.3 Å². The Morgan fingerprint density at radius 1 is 1.02 bits per heavy atom. The first kappa shape index (κ1) is 31.2. The summed E-state index contributed by atoms with van der Waals surface area (Å²) in [6.45, 7) is 9.64. The summed E-state index contributed by atoms with van der Waals surface area (Å²) in [5, 5.41) is 5.78. The van der Waals surface area contributed by atoms with Gasteiger partial charge in [-0.15, -0.1) is 0 Å². The number of amides is 4. The molecular weight excluding hydrogens is 537 g/mol. The summed E-state index contributed by atoms with van der Waals surface area (Å²) in [6, 6.07) is 11.8. The molecule has 2 N–H and O–H groups in total. The van der Waals surface area contributed by atoms with E-state index in [0.717, 1.165) is 16.7 Å². The first-order valence-electron chi connectivity index (χ1n) is 14.5. The van der Waals surface area contributed by atoms with Crippen LogP contribution in [-0.4, -0.2) is 89.3 Å². The molecule has 226 valence electrons. The van der Waals surface area contributed by atoms with E-state index in [9.17, 15) is 23.6 Å². The number of rotatable bonds is 9. The number of hydrogen-bond acceptors (Lipinski definition) is 5. The zero-order chi connectivity index (χ0) is 30.8. The van der Waals surface area contributed by atoms with Crippen LogP contribution < -0.4 is 10.6 Å². The summed E-state index contributed by atoms with van der Waals surface area (Å²) in [5.41, 5.74) is 2.25. The van der Waals surface area contributed by atoms with Gasteiger partial charge in [-0.3, -0.25) is 19.2 Å². The van der Waals surface area contributed by atoms with Crippen LogP contribution in [-0.2, 0) is 32.0 Å². The summed E-state index contributed by atoms with van der Waals surface area (Å²) < 4.78 is 13.5. The largest absolute Gasteiger partial charge is 0.342 e. The third-order valence-corrected chi connectivity index (χ3v) is 8.23. The summed E-state index contributed by atoms with van der Waals surface area (Å²) in [6.07, 6.45) is 0.144. The minimum absolute atomic E-state index is 0.152. The molecule has 0 radical (unpaired) electrons. The van der Waals surface area contributed by atoms with Crippen molar-refractivity contribution in [3.63, 3.8) is 0 Å².